The maximum Gasteiger partial charge on any atom is 0.336 e. The Balaban J connectivity index is -0.00000189. The normalized spacial score (nSPS) is 15.6. The van der Waals surface area contributed by atoms with Crippen molar-refractivity contribution in [2.24, 2.45) is 16.2 Å². The SMILES string of the molecule is CC(S)CC(=O)OCC(COC(=O)CC(C)S)(COC(=O)CC(C)S)COC(=O)CC(C)S.CC(S)CC(=O)OCC(COCC(COC(=O)CC(C)S)(COC(=O)CC(C)S)COC(=O)CC(C)S)(COC(=O)CC(C)S)COC(=O)CC(C)S.CC(S)CC(=O)OCCCCOC(=O)CC(C)S.CC(S)CC(=O)OCCn1c(=O)n(CCOC(=O)CC(C)S)c(=O)n(CCOC(=O)CC(C)S)c1=O. The zero-order valence-electron chi connectivity index (χ0n) is 82.3. The lowest BCUT2D eigenvalue weighted by atomic mass is 9.90. The van der Waals surface area contributed by atoms with E-state index in [2.05, 4.69) is 189 Å². The number of carbonyl (C=O) groups excluding carboxylic acids is 15. The van der Waals surface area contributed by atoms with E-state index in [9.17, 15) is 86.3 Å². The van der Waals surface area contributed by atoms with Crippen LogP contribution < -0.4 is 17.1 Å². The molecule has 0 fully saturated rings. The van der Waals surface area contributed by atoms with Crippen LogP contribution in [0.4, 0.5) is 0 Å². The van der Waals surface area contributed by atoms with Gasteiger partial charge in [-0.2, -0.15) is 189 Å². The summed E-state index contributed by atoms with van der Waals surface area (Å²) < 4.78 is 88.3. The van der Waals surface area contributed by atoms with E-state index in [1.807, 2.05) is 13.8 Å². The topological polar surface area (TPSA) is 470 Å². The second-order valence-corrected chi connectivity index (χ2v) is 47.7. The Labute approximate surface area is 904 Å². The zero-order valence-corrected chi connectivity index (χ0v) is 95.7. The van der Waals surface area contributed by atoms with Crippen LogP contribution in [0.3, 0.4) is 0 Å². The van der Waals surface area contributed by atoms with E-state index in [1.54, 1.807) is 90.0 Å². The molecule has 0 aromatic carbocycles. The van der Waals surface area contributed by atoms with Crippen molar-refractivity contribution in [2.75, 3.05) is 112 Å². The maximum atomic E-state index is 12.9. The van der Waals surface area contributed by atoms with Crippen LogP contribution in [0.15, 0.2) is 14.4 Å². The van der Waals surface area contributed by atoms with E-state index >= 15 is 0 Å². The van der Waals surface area contributed by atoms with Gasteiger partial charge in [-0.15, -0.1) is 0 Å². The number of hydrogen-bond acceptors (Lipinski definition) is 49. The van der Waals surface area contributed by atoms with E-state index < -0.39 is 151 Å². The first kappa shape index (κ1) is 140. The predicted molar refractivity (Wildman–Crippen MR) is 577 cm³/mol. The zero-order chi connectivity index (χ0) is 108. The average molecular weight is 2270 g/mol. The summed E-state index contributed by atoms with van der Waals surface area (Å²) in [5, 5.41) is -3.55. The number of nitrogens with zero attached hydrogens (tertiary/aromatic N) is 3. The third-order valence-corrected chi connectivity index (χ3v) is 20.1. The van der Waals surface area contributed by atoms with Gasteiger partial charge in [0.15, 0.2) is 0 Å². The monoisotopic (exact) mass is 2270 g/mol. The van der Waals surface area contributed by atoms with Gasteiger partial charge in [0.25, 0.3) is 0 Å². The minimum absolute atomic E-state index is 0.0154. The highest BCUT2D eigenvalue weighted by Gasteiger charge is 2.43. The summed E-state index contributed by atoms with van der Waals surface area (Å²) in [7, 11) is 0. The van der Waals surface area contributed by atoms with E-state index in [1.165, 1.54) is 0 Å². The molecule has 1 aromatic heterocycles. The summed E-state index contributed by atoms with van der Waals surface area (Å²) in [6, 6.07) is 0. The number of carbonyl (C=O) groups is 15. The Morgan fingerprint density at radius 1 is 0.186 bits per heavy atom. The molecule has 0 aliphatic rings. The molecule has 0 spiro atoms. The third-order valence-electron chi connectivity index (χ3n) is 17.3. The molecule has 0 bridgehead atoms. The molecule has 15 unspecified atom stereocenters. The van der Waals surface area contributed by atoms with E-state index in [4.69, 9.17) is 75.8 Å². The first-order chi connectivity index (χ1) is 65.1. The van der Waals surface area contributed by atoms with Crippen molar-refractivity contribution in [1.82, 2.24) is 13.7 Å². The molecule has 810 valence electrons. The van der Waals surface area contributed by atoms with Gasteiger partial charge < -0.3 is 75.8 Å². The lowest BCUT2D eigenvalue weighted by Crippen LogP contribution is -2.55. The second-order valence-electron chi connectivity index (χ2n) is 34.5. The first-order valence-electron chi connectivity index (χ1n) is 45.1. The highest BCUT2D eigenvalue weighted by atomic mass is 32.1. The molecule has 0 aliphatic carbocycles. The van der Waals surface area contributed by atoms with Crippen molar-refractivity contribution in [2.45, 2.75) is 311 Å². The van der Waals surface area contributed by atoms with E-state index in [-0.39, 0.29) is 253 Å². The van der Waals surface area contributed by atoms with Gasteiger partial charge >= 0.3 is 107 Å². The minimum Gasteiger partial charge on any atom is -0.466 e. The van der Waals surface area contributed by atoms with E-state index in [0.717, 1.165) is 13.7 Å². The fourth-order valence-electron chi connectivity index (χ4n) is 10.7. The molecular formula is C88H149N3O34S15. The van der Waals surface area contributed by atoms with Crippen LogP contribution in [0, 0.1) is 16.2 Å². The van der Waals surface area contributed by atoms with Crippen molar-refractivity contribution >= 4 is 279 Å². The highest BCUT2D eigenvalue weighted by Crippen LogP contribution is 2.30. The molecule has 52 heteroatoms. The minimum atomic E-state index is -1.46. The van der Waals surface area contributed by atoms with Crippen molar-refractivity contribution in [3.05, 3.63) is 31.5 Å². The van der Waals surface area contributed by atoms with Crippen LogP contribution in [0.2, 0.25) is 0 Å². The Morgan fingerprint density at radius 2 is 0.293 bits per heavy atom. The highest BCUT2D eigenvalue weighted by molar-refractivity contribution is 7.83. The number of esters is 15. The van der Waals surface area contributed by atoms with Crippen molar-refractivity contribution in [1.29, 1.82) is 0 Å². The Hall–Kier alpha value is -4.33. The Kier molecular flexibility index (Phi) is 78.8. The molecule has 37 nitrogen and oxygen atoms in total. The van der Waals surface area contributed by atoms with Gasteiger partial charge in [0.05, 0.1) is 153 Å². The summed E-state index contributed by atoms with van der Waals surface area (Å²) in [5.74, 6) is -7.99. The summed E-state index contributed by atoms with van der Waals surface area (Å²) in [5.41, 5.74) is -7.09. The molecule has 1 aromatic rings. The smallest absolute Gasteiger partial charge is 0.336 e. The first-order valence-corrected chi connectivity index (χ1v) is 52.9. The van der Waals surface area contributed by atoms with Gasteiger partial charge in [-0.1, -0.05) is 104 Å². The molecule has 140 heavy (non-hydrogen) atoms. The quantitative estimate of drug-likeness (QED) is 0.0125. The summed E-state index contributed by atoms with van der Waals surface area (Å²) in [4.78, 5) is 221. The number of ether oxygens (including phenoxy) is 16. The van der Waals surface area contributed by atoms with Gasteiger partial charge in [-0.3, -0.25) is 71.9 Å². The molecule has 1 heterocycles. The molecular weight excluding hydrogens is 2120 g/mol. The number of thiol groups is 15. The van der Waals surface area contributed by atoms with Crippen LogP contribution in [-0.4, -0.2) is 294 Å². The van der Waals surface area contributed by atoms with Crippen molar-refractivity contribution in [3.63, 3.8) is 0 Å². The Bertz CT molecular complexity index is 3550. The third kappa shape index (κ3) is 77.1. The van der Waals surface area contributed by atoms with Crippen molar-refractivity contribution in [3.8, 4) is 0 Å². The number of hydrogen-bond donors (Lipinski definition) is 15. The molecule has 1 rings (SSSR count). The summed E-state index contributed by atoms with van der Waals surface area (Å²) in [6.45, 7) is 20.4. The standard InChI is InChI=1S/C34H58O13S6.C21H33N3O9S3.C21H36O8S4.C12H22O4S2/c1-21(48)7-27(35)42-15-33(16-43-28(36)8-22(2)49,17-44-29(37)9-23(3)50)13-41-14-34(18-45-30(38)10-24(4)51,19-46-31(39)11-25(5)52)20-47-32(40)12-26(6)53;1-13(34)10-16(25)31-7-4-22-19(28)23(5-8-32-17(26)11-14(2)35)21(30)24(20(22)29)6-9-33-18(27)12-15(3)36;1-13(30)5-17(22)26-9-21(10-27-18(23)6-14(2)31,11-28-19(24)7-15(3)32)12-29-20(25)8-16(4)33;1-9(17)7-11(13)15-5-3-4-6-16-12(14)8-10(2)18/h21-26,48-53H,7-20H2,1-6H3;13-15,34-36H,4-12H2,1-3H3;13-16,30-33H,5-12H2,1-4H3;9-10,17-18H,3-8H2,1-2H3. The fourth-order valence-corrected chi connectivity index (χ4v) is 12.9. The molecule has 15 atom stereocenters. The van der Waals surface area contributed by atoms with Gasteiger partial charge in [-0.25, -0.2) is 28.1 Å². The molecule has 0 radical (unpaired) electrons. The fraction of sp³-hybridized carbons (Fsp3) is 0.795. The lowest BCUT2D eigenvalue weighted by molar-refractivity contribution is -0.177. The second kappa shape index (κ2) is 78.9. The molecule has 0 saturated carbocycles. The van der Waals surface area contributed by atoms with Gasteiger partial charge in [0, 0.05) is 78.7 Å². The van der Waals surface area contributed by atoms with Crippen LogP contribution in [0.25, 0.3) is 0 Å². The van der Waals surface area contributed by atoms with Gasteiger partial charge in [0.2, 0.25) is 0 Å². The predicted octanol–water partition coefficient (Wildman–Crippen LogP) is 9.66. The van der Waals surface area contributed by atoms with Gasteiger partial charge in [-0.05, 0) is 12.8 Å². The summed E-state index contributed by atoms with van der Waals surface area (Å²) in [6.07, 6.45) is 2.06. The number of aromatic nitrogens is 3. The largest absolute Gasteiger partial charge is 0.466 e. The summed E-state index contributed by atoms with van der Waals surface area (Å²) >= 11 is 62.7. The van der Waals surface area contributed by atoms with Crippen LogP contribution >= 0.6 is 189 Å². The maximum absolute atomic E-state index is 12.9. The van der Waals surface area contributed by atoms with Crippen LogP contribution in [0.5, 0.6) is 0 Å². The molecule has 0 amide bonds. The molecule has 0 saturated heterocycles. The number of rotatable bonds is 68. The molecule has 0 N–H and O–H groups in total. The lowest BCUT2D eigenvalue weighted by Gasteiger charge is -2.36. The average Bonchev–Trinajstić information content (AvgIpc) is 0.783. The van der Waals surface area contributed by atoms with Crippen molar-refractivity contribution < 1.29 is 148 Å². The van der Waals surface area contributed by atoms with Crippen LogP contribution in [-0.2, 0) is 167 Å². The van der Waals surface area contributed by atoms with E-state index in [0.29, 0.717) is 38.9 Å². The molecule has 0 aliphatic heterocycles. The number of unbranched alkanes of at least 4 members (excludes halogenated alkanes) is 1. The Morgan fingerprint density at radius 3 is 0.414 bits per heavy atom. The van der Waals surface area contributed by atoms with Crippen LogP contribution in [0.1, 0.15) is 213 Å². The van der Waals surface area contributed by atoms with Gasteiger partial charge in [0.1, 0.15) is 91.3 Å².